The first-order valence-corrected chi connectivity index (χ1v) is 9.81. The summed E-state index contributed by atoms with van der Waals surface area (Å²) in [5.74, 6) is -1.14. The number of carbonyl (C=O) groups excluding carboxylic acids is 2. The molecule has 0 spiro atoms. The molecule has 0 radical (unpaired) electrons. The second-order valence-corrected chi connectivity index (χ2v) is 7.13. The van der Waals surface area contributed by atoms with Crippen LogP contribution in [0.3, 0.4) is 0 Å². The van der Waals surface area contributed by atoms with Gasteiger partial charge in [0.15, 0.2) is 12.3 Å². The van der Waals surface area contributed by atoms with Gasteiger partial charge in [-0.05, 0) is 56.2 Å². The van der Waals surface area contributed by atoms with Crippen molar-refractivity contribution in [3.63, 3.8) is 0 Å². The molecule has 0 bridgehead atoms. The lowest BCUT2D eigenvalue weighted by Crippen LogP contribution is -2.35. The van der Waals surface area contributed by atoms with Crippen LogP contribution in [0.5, 0.6) is 0 Å². The van der Waals surface area contributed by atoms with E-state index in [1.165, 1.54) is 9.70 Å². The van der Waals surface area contributed by atoms with Gasteiger partial charge in [-0.25, -0.2) is 4.79 Å². The topological polar surface area (TPSA) is 101 Å². The van der Waals surface area contributed by atoms with Crippen LogP contribution in [0, 0.1) is 32.1 Å². The molecule has 0 saturated carbocycles. The zero-order chi connectivity index (χ0) is 22.4. The molecule has 31 heavy (non-hydrogen) atoms. The maximum atomic E-state index is 12.8. The minimum absolute atomic E-state index is 0.0478. The van der Waals surface area contributed by atoms with Crippen LogP contribution in [0.15, 0.2) is 48.5 Å². The number of anilines is 1. The van der Waals surface area contributed by atoms with Crippen molar-refractivity contribution in [2.24, 2.45) is 0 Å². The van der Waals surface area contributed by atoms with Crippen molar-refractivity contribution in [1.29, 1.82) is 5.26 Å². The Balaban J connectivity index is 1.72. The van der Waals surface area contributed by atoms with Crippen molar-refractivity contribution in [2.45, 2.75) is 27.2 Å². The number of hydrogen-bond donors (Lipinski definition) is 0. The first kappa shape index (κ1) is 21.7. The van der Waals surface area contributed by atoms with Gasteiger partial charge in [-0.1, -0.05) is 24.3 Å². The average molecular weight is 417 g/mol. The van der Waals surface area contributed by atoms with E-state index in [4.69, 9.17) is 10.00 Å². The number of nitriles is 1. The maximum absolute atomic E-state index is 12.8. The van der Waals surface area contributed by atoms with Crippen LogP contribution in [0.25, 0.3) is 5.69 Å². The molecule has 0 fully saturated rings. The fourth-order valence-electron chi connectivity index (χ4n) is 3.18. The lowest BCUT2D eigenvalue weighted by molar-refractivity contribution is -0.121. The third kappa shape index (κ3) is 5.34. The van der Waals surface area contributed by atoms with Crippen molar-refractivity contribution in [2.75, 3.05) is 18.1 Å². The van der Waals surface area contributed by atoms with Gasteiger partial charge in [0, 0.05) is 12.2 Å². The van der Waals surface area contributed by atoms with E-state index >= 15 is 0 Å². The van der Waals surface area contributed by atoms with Crippen LogP contribution < -0.4 is 4.90 Å². The van der Waals surface area contributed by atoms with Gasteiger partial charge in [-0.3, -0.25) is 4.79 Å². The summed E-state index contributed by atoms with van der Waals surface area (Å²) in [7, 11) is 0. The standard InChI is InChI=1S/C23H23N5O3/c1-16-12-17(2)14-20(13-16)27(11-7-10-24)21(29)15-31-23(30)22-18(3)25-28(26-22)19-8-5-4-6-9-19/h4-6,8-9,12-14H,7,11,15H2,1-3H3. The van der Waals surface area contributed by atoms with Crippen molar-refractivity contribution in [3.8, 4) is 11.8 Å². The molecule has 3 rings (SSSR count). The van der Waals surface area contributed by atoms with E-state index in [2.05, 4.69) is 10.2 Å². The van der Waals surface area contributed by atoms with Crippen molar-refractivity contribution in [3.05, 3.63) is 71.0 Å². The minimum atomic E-state index is -0.728. The molecule has 3 aromatic rings. The van der Waals surface area contributed by atoms with Gasteiger partial charge in [0.05, 0.1) is 23.9 Å². The van der Waals surface area contributed by atoms with E-state index in [-0.39, 0.29) is 18.7 Å². The lowest BCUT2D eigenvalue weighted by atomic mass is 10.1. The predicted octanol–water partition coefficient (Wildman–Crippen LogP) is 3.30. The van der Waals surface area contributed by atoms with Crippen LogP contribution in [-0.2, 0) is 9.53 Å². The van der Waals surface area contributed by atoms with Crippen LogP contribution in [-0.4, -0.2) is 40.0 Å². The number of hydrogen-bond acceptors (Lipinski definition) is 6. The van der Waals surface area contributed by atoms with Gasteiger partial charge in [-0.15, -0.1) is 5.10 Å². The first-order chi connectivity index (χ1) is 14.9. The Kier molecular flexibility index (Phi) is 6.78. The monoisotopic (exact) mass is 417 g/mol. The Morgan fingerprint density at radius 3 is 2.39 bits per heavy atom. The smallest absolute Gasteiger partial charge is 0.361 e. The maximum Gasteiger partial charge on any atom is 0.361 e. The summed E-state index contributed by atoms with van der Waals surface area (Å²) in [5.41, 5.74) is 3.81. The second-order valence-electron chi connectivity index (χ2n) is 7.13. The number of benzene rings is 2. The summed E-state index contributed by atoms with van der Waals surface area (Å²) in [6.45, 7) is 5.26. The van der Waals surface area contributed by atoms with E-state index in [0.29, 0.717) is 17.1 Å². The number of para-hydroxylation sites is 1. The van der Waals surface area contributed by atoms with Gasteiger partial charge in [0.1, 0.15) is 0 Å². The van der Waals surface area contributed by atoms with Crippen molar-refractivity contribution < 1.29 is 14.3 Å². The quantitative estimate of drug-likeness (QED) is 0.547. The first-order valence-electron chi connectivity index (χ1n) is 9.81. The average Bonchev–Trinajstić information content (AvgIpc) is 3.14. The zero-order valence-electron chi connectivity index (χ0n) is 17.7. The molecule has 0 atom stereocenters. The highest BCUT2D eigenvalue weighted by Crippen LogP contribution is 2.20. The largest absolute Gasteiger partial charge is 0.451 e. The highest BCUT2D eigenvalue weighted by atomic mass is 16.5. The van der Waals surface area contributed by atoms with Crippen LogP contribution in [0.2, 0.25) is 0 Å². The molecule has 158 valence electrons. The number of carbonyl (C=O) groups is 2. The van der Waals surface area contributed by atoms with E-state index in [9.17, 15) is 9.59 Å². The number of aryl methyl sites for hydroxylation is 3. The van der Waals surface area contributed by atoms with E-state index in [1.54, 1.807) is 6.92 Å². The molecule has 1 aromatic heterocycles. The van der Waals surface area contributed by atoms with Crippen molar-refractivity contribution >= 4 is 17.6 Å². The fraction of sp³-hybridized carbons (Fsp3) is 0.261. The summed E-state index contributed by atoms with van der Waals surface area (Å²) in [6.07, 6.45) is 0.164. The SMILES string of the molecule is Cc1cc(C)cc(N(CCC#N)C(=O)COC(=O)c2nn(-c3ccccc3)nc2C)c1. The number of aromatic nitrogens is 3. The molecule has 8 heteroatoms. The van der Waals surface area contributed by atoms with Crippen molar-refractivity contribution in [1.82, 2.24) is 15.0 Å². The van der Waals surface area contributed by atoms with Crippen LogP contribution in [0.1, 0.15) is 33.7 Å². The van der Waals surface area contributed by atoms with E-state index in [0.717, 1.165) is 11.1 Å². The van der Waals surface area contributed by atoms with E-state index < -0.39 is 18.5 Å². The molecular formula is C23H23N5O3. The Labute approximate surface area is 180 Å². The Hall–Kier alpha value is -3.99. The molecule has 0 N–H and O–H groups in total. The summed E-state index contributed by atoms with van der Waals surface area (Å²) >= 11 is 0. The third-order valence-corrected chi connectivity index (χ3v) is 4.56. The van der Waals surface area contributed by atoms with Gasteiger partial charge >= 0.3 is 5.97 Å². The molecule has 1 heterocycles. The molecule has 0 aliphatic carbocycles. The van der Waals surface area contributed by atoms with Gasteiger partial charge in [-0.2, -0.15) is 15.2 Å². The minimum Gasteiger partial charge on any atom is -0.451 e. The Bertz CT molecular complexity index is 1110. The zero-order valence-corrected chi connectivity index (χ0v) is 17.7. The number of ether oxygens (including phenoxy) is 1. The van der Waals surface area contributed by atoms with E-state index in [1.807, 2.05) is 68.4 Å². The predicted molar refractivity (Wildman–Crippen MR) is 115 cm³/mol. The van der Waals surface area contributed by atoms with Crippen LogP contribution in [0.4, 0.5) is 5.69 Å². The summed E-state index contributed by atoms with van der Waals surface area (Å²) < 4.78 is 5.23. The fourth-order valence-corrected chi connectivity index (χ4v) is 3.18. The van der Waals surface area contributed by atoms with Gasteiger partial charge < -0.3 is 9.64 Å². The van der Waals surface area contributed by atoms with Gasteiger partial charge in [0.25, 0.3) is 5.91 Å². The summed E-state index contributed by atoms with van der Waals surface area (Å²) in [6, 6.07) is 16.9. The number of rotatable bonds is 7. The lowest BCUT2D eigenvalue weighted by Gasteiger charge is -2.22. The second kappa shape index (κ2) is 9.67. The molecule has 0 unspecified atom stereocenters. The third-order valence-electron chi connectivity index (χ3n) is 4.56. The molecule has 8 nitrogen and oxygen atoms in total. The molecule has 0 aliphatic rings. The number of amides is 1. The number of esters is 1. The summed E-state index contributed by atoms with van der Waals surface area (Å²) in [5, 5.41) is 17.4. The van der Waals surface area contributed by atoms with Crippen LogP contribution >= 0.6 is 0 Å². The molecule has 1 amide bonds. The molecule has 0 saturated heterocycles. The highest BCUT2D eigenvalue weighted by Gasteiger charge is 2.22. The molecule has 2 aromatic carbocycles. The number of nitrogens with zero attached hydrogens (tertiary/aromatic N) is 5. The highest BCUT2D eigenvalue weighted by molar-refractivity contribution is 5.97. The normalized spacial score (nSPS) is 10.4. The molecule has 0 aliphatic heterocycles. The Morgan fingerprint density at radius 1 is 1.06 bits per heavy atom. The Morgan fingerprint density at radius 2 is 1.74 bits per heavy atom. The molecular weight excluding hydrogens is 394 g/mol. The van der Waals surface area contributed by atoms with Gasteiger partial charge in [0.2, 0.25) is 0 Å². The summed E-state index contributed by atoms with van der Waals surface area (Å²) in [4.78, 5) is 28.2.